The average Bonchev–Trinajstić information content (AvgIpc) is 3.61. The molecule has 0 saturated carbocycles. The number of rotatable bonds is 6. The molecular formula is C55H51N3O. The molecule has 0 saturated heterocycles. The van der Waals surface area contributed by atoms with Gasteiger partial charge < -0.3 is 5.11 Å². The van der Waals surface area contributed by atoms with E-state index in [9.17, 15) is 5.11 Å². The molecule has 0 unspecified atom stereocenters. The van der Waals surface area contributed by atoms with Crippen LogP contribution in [0, 0.1) is 0 Å². The van der Waals surface area contributed by atoms with Gasteiger partial charge in [-0.25, -0.2) is 4.98 Å². The smallest absolute Gasteiger partial charge is 0.149 e. The minimum atomic E-state index is -0.315. The van der Waals surface area contributed by atoms with Crippen molar-refractivity contribution in [3.8, 4) is 56.3 Å². The van der Waals surface area contributed by atoms with Crippen LogP contribution >= 0.6 is 0 Å². The van der Waals surface area contributed by atoms with Gasteiger partial charge in [0.25, 0.3) is 0 Å². The van der Waals surface area contributed by atoms with E-state index in [1.807, 2.05) is 6.20 Å². The molecule has 292 valence electrons. The highest BCUT2D eigenvalue weighted by atomic mass is 16.3. The number of imidazole rings is 1. The van der Waals surface area contributed by atoms with Gasteiger partial charge in [-0.1, -0.05) is 171 Å². The van der Waals surface area contributed by atoms with Crippen molar-refractivity contribution in [2.24, 2.45) is 0 Å². The predicted molar refractivity (Wildman–Crippen MR) is 249 cm³/mol. The Morgan fingerprint density at radius 3 is 1.97 bits per heavy atom. The van der Waals surface area contributed by atoms with Gasteiger partial charge in [0.05, 0.1) is 28.0 Å². The number of hydrogen-bond acceptors (Lipinski definition) is 3. The van der Waals surface area contributed by atoms with Crippen molar-refractivity contribution in [3.63, 3.8) is 0 Å². The molecule has 0 aliphatic rings. The summed E-state index contributed by atoms with van der Waals surface area (Å²) in [5.74, 6) is 1.18. The minimum Gasteiger partial charge on any atom is -0.507 e. The molecule has 1 N–H and O–H groups in total. The number of hydrogen-bond donors (Lipinski definition) is 1. The lowest BCUT2D eigenvalue weighted by Crippen LogP contribution is -2.17. The molecule has 0 amide bonds. The monoisotopic (exact) mass is 769 g/mol. The maximum absolute atomic E-state index is 12.5. The van der Waals surface area contributed by atoms with Crippen molar-refractivity contribution in [2.45, 2.75) is 72.1 Å². The van der Waals surface area contributed by atoms with Gasteiger partial charge in [-0.15, -0.1) is 0 Å². The molecule has 0 atom stereocenters. The van der Waals surface area contributed by atoms with Crippen molar-refractivity contribution in [2.75, 3.05) is 0 Å². The molecular weight excluding hydrogens is 719 g/mol. The van der Waals surface area contributed by atoms with Crippen LogP contribution in [0.25, 0.3) is 83.2 Å². The molecule has 0 spiro atoms. The molecule has 4 heteroatoms. The standard InChI is InChI=1S/C55H51N3O/c1-34(2)40-24-16-26-44(35-18-10-9-11-19-35)51(40)58-48-27-17-25-43(50(48)57-53(58)46-32-39(54(3,4)5)33-47(52(46)59)55(6,7)8)38-30-37-21-13-14-22-41(37)45(31-38)49-42-23-15-12-20-36(42)28-29-56-49/h9-34,59H,1-8H3. The lowest BCUT2D eigenvalue weighted by Gasteiger charge is -2.28. The van der Waals surface area contributed by atoms with Gasteiger partial charge in [-0.05, 0) is 85.5 Å². The molecule has 2 aromatic heterocycles. The van der Waals surface area contributed by atoms with Gasteiger partial charge >= 0.3 is 0 Å². The van der Waals surface area contributed by atoms with Crippen molar-refractivity contribution in [3.05, 3.63) is 168 Å². The summed E-state index contributed by atoms with van der Waals surface area (Å²) in [6.45, 7) is 17.7. The van der Waals surface area contributed by atoms with Gasteiger partial charge in [-0.3, -0.25) is 9.55 Å². The highest BCUT2D eigenvalue weighted by Crippen LogP contribution is 2.47. The van der Waals surface area contributed by atoms with E-state index in [1.165, 1.54) is 5.56 Å². The van der Waals surface area contributed by atoms with Crippen LogP contribution in [-0.4, -0.2) is 19.6 Å². The van der Waals surface area contributed by atoms with E-state index in [1.54, 1.807) is 0 Å². The Kier molecular flexibility index (Phi) is 9.27. The fourth-order valence-corrected chi connectivity index (χ4v) is 8.67. The summed E-state index contributed by atoms with van der Waals surface area (Å²) in [5.41, 5.74) is 12.7. The number of pyridine rings is 1. The first-order valence-corrected chi connectivity index (χ1v) is 20.8. The first kappa shape index (κ1) is 38.0. The van der Waals surface area contributed by atoms with Crippen molar-refractivity contribution < 1.29 is 5.11 Å². The van der Waals surface area contributed by atoms with Crippen LogP contribution in [0.1, 0.15) is 78.0 Å². The Balaban J connectivity index is 1.42. The SMILES string of the molecule is CC(C)c1cccc(-c2ccccc2)c1-n1c(-c2cc(C(C)(C)C)cc(C(C)(C)C)c2O)nc2c(-c3cc(-c4nccc5ccccc45)c4ccccc4c3)cccc21. The molecule has 59 heavy (non-hydrogen) atoms. The fourth-order valence-electron chi connectivity index (χ4n) is 8.67. The quantitative estimate of drug-likeness (QED) is 0.183. The summed E-state index contributed by atoms with van der Waals surface area (Å²) < 4.78 is 2.33. The lowest BCUT2D eigenvalue weighted by molar-refractivity contribution is 0.446. The molecule has 0 aliphatic heterocycles. The highest BCUT2D eigenvalue weighted by molar-refractivity contribution is 6.07. The van der Waals surface area contributed by atoms with Gasteiger partial charge in [0, 0.05) is 33.8 Å². The first-order chi connectivity index (χ1) is 28.3. The van der Waals surface area contributed by atoms with Crippen LogP contribution in [0.3, 0.4) is 0 Å². The van der Waals surface area contributed by atoms with E-state index in [0.717, 1.165) is 88.5 Å². The Bertz CT molecular complexity index is 3040. The Labute approximate surface area is 347 Å². The summed E-state index contributed by atoms with van der Waals surface area (Å²) in [4.78, 5) is 10.7. The van der Waals surface area contributed by atoms with Crippen molar-refractivity contribution >= 4 is 32.6 Å². The number of fused-ring (bicyclic) bond motifs is 3. The molecule has 0 radical (unpaired) electrons. The third-order valence-corrected chi connectivity index (χ3v) is 11.8. The van der Waals surface area contributed by atoms with Gasteiger partial charge in [0.2, 0.25) is 0 Å². The summed E-state index contributed by atoms with van der Waals surface area (Å²) in [5, 5.41) is 17.1. The molecule has 0 aliphatic carbocycles. The normalized spacial score (nSPS) is 12.3. The number of para-hydroxylation sites is 2. The van der Waals surface area contributed by atoms with E-state index in [2.05, 4.69) is 206 Å². The molecule has 9 rings (SSSR count). The summed E-state index contributed by atoms with van der Waals surface area (Å²) in [7, 11) is 0. The van der Waals surface area contributed by atoms with E-state index in [-0.39, 0.29) is 22.5 Å². The van der Waals surface area contributed by atoms with E-state index >= 15 is 0 Å². The maximum atomic E-state index is 12.5. The zero-order chi connectivity index (χ0) is 41.2. The third-order valence-electron chi connectivity index (χ3n) is 11.8. The van der Waals surface area contributed by atoms with Gasteiger partial charge in [0.1, 0.15) is 11.6 Å². The van der Waals surface area contributed by atoms with Crippen LogP contribution in [-0.2, 0) is 10.8 Å². The Morgan fingerprint density at radius 1 is 0.559 bits per heavy atom. The molecule has 0 fully saturated rings. The average molecular weight is 770 g/mol. The third kappa shape index (κ3) is 6.67. The first-order valence-electron chi connectivity index (χ1n) is 20.8. The van der Waals surface area contributed by atoms with Crippen LogP contribution in [0.15, 0.2) is 152 Å². The fraction of sp³-hybridized carbons (Fsp3) is 0.200. The zero-order valence-corrected chi connectivity index (χ0v) is 35.3. The maximum Gasteiger partial charge on any atom is 0.149 e. The number of benzene rings is 7. The molecule has 4 nitrogen and oxygen atoms in total. The Morgan fingerprint density at radius 2 is 1.24 bits per heavy atom. The number of aromatic hydroxyl groups is 1. The number of phenols is 1. The number of nitrogens with zero attached hydrogens (tertiary/aromatic N) is 3. The number of aromatic nitrogens is 3. The second kappa shape index (κ2) is 14.4. The van der Waals surface area contributed by atoms with E-state index in [4.69, 9.17) is 9.97 Å². The van der Waals surface area contributed by atoms with Gasteiger partial charge in [0.15, 0.2) is 0 Å². The topological polar surface area (TPSA) is 50.9 Å². The van der Waals surface area contributed by atoms with Gasteiger partial charge in [-0.2, -0.15) is 0 Å². The van der Waals surface area contributed by atoms with Crippen molar-refractivity contribution in [1.82, 2.24) is 14.5 Å². The summed E-state index contributed by atoms with van der Waals surface area (Å²) in [6, 6.07) is 51.8. The van der Waals surface area contributed by atoms with Crippen LogP contribution in [0.5, 0.6) is 5.75 Å². The van der Waals surface area contributed by atoms with Crippen LogP contribution < -0.4 is 0 Å². The summed E-state index contributed by atoms with van der Waals surface area (Å²) >= 11 is 0. The van der Waals surface area contributed by atoms with Crippen molar-refractivity contribution in [1.29, 1.82) is 0 Å². The largest absolute Gasteiger partial charge is 0.507 e. The minimum absolute atomic E-state index is 0.174. The van der Waals surface area contributed by atoms with E-state index in [0.29, 0.717) is 5.82 Å². The summed E-state index contributed by atoms with van der Waals surface area (Å²) in [6.07, 6.45) is 1.91. The lowest BCUT2D eigenvalue weighted by atomic mass is 9.79. The number of phenolic OH excluding ortho intramolecular Hbond substituents is 1. The molecule has 7 aromatic carbocycles. The second-order valence-corrected chi connectivity index (χ2v) is 18.3. The van der Waals surface area contributed by atoms with Crippen LogP contribution in [0.4, 0.5) is 0 Å². The second-order valence-electron chi connectivity index (χ2n) is 18.3. The van der Waals surface area contributed by atoms with E-state index < -0.39 is 0 Å². The van der Waals surface area contributed by atoms with Crippen LogP contribution in [0.2, 0.25) is 0 Å². The molecule has 2 heterocycles. The molecule has 0 bridgehead atoms. The zero-order valence-electron chi connectivity index (χ0n) is 35.3. The predicted octanol–water partition coefficient (Wildman–Crippen LogP) is 14.8. The highest BCUT2D eigenvalue weighted by Gasteiger charge is 2.30. The Hall–Kier alpha value is -6.52. The molecule has 9 aromatic rings.